The first-order chi connectivity index (χ1) is 8.31. The average molecular weight is 245 g/mol. The molecular formula is C15H19NS. The zero-order chi connectivity index (χ0) is 12.5. The van der Waals surface area contributed by atoms with Gasteiger partial charge in [-0.2, -0.15) is 5.26 Å². The molecule has 1 aromatic carbocycles. The first-order valence-electron chi connectivity index (χ1n) is 6.16. The maximum absolute atomic E-state index is 9.21. The van der Waals surface area contributed by atoms with E-state index >= 15 is 0 Å². The van der Waals surface area contributed by atoms with E-state index in [9.17, 15) is 5.26 Å². The van der Waals surface area contributed by atoms with E-state index in [0.29, 0.717) is 0 Å². The molecule has 0 fully saturated rings. The fraction of sp³-hybridized carbons (Fsp3) is 0.400. The number of hydrogen-bond donors (Lipinski definition) is 0. The predicted octanol–water partition coefficient (Wildman–Crippen LogP) is 5.16. The van der Waals surface area contributed by atoms with Gasteiger partial charge in [0, 0.05) is 15.4 Å². The van der Waals surface area contributed by atoms with Crippen molar-refractivity contribution in [3.8, 4) is 6.07 Å². The lowest BCUT2D eigenvalue weighted by molar-refractivity contribution is 0.888. The van der Waals surface area contributed by atoms with Crippen LogP contribution in [0.2, 0.25) is 0 Å². The van der Waals surface area contributed by atoms with Crippen molar-refractivity contribution in [3.05, 3.63) is 40.8 Å². The molecule has 1 nitrogen and oxygen atoms in total. The molecule has 0 spiro atoms. The first kappa shape index (κ1) is 13.9. The fourth-order valence-corrected chi connectivity index (χ4v) is 2.78. The molecule has 0 aliphatic carbocycles. The van der Waals surface area contributed by atoms with Gasteiger partial charge in [-0.15, -0.1) is 0 Å². The molecule has 0 aliphatic heterocycles. The molecule has 0 unspecified atom stereocenters. The third kappa shape index (κ3) is 4.66. The van der Waals surface area contributed by atoms with Crippen molar-refractivity contribution in [2.24, 2.45) is 0 Å². The summed E-state index contributed by atoms with van der Waals surface area (Å²) in [5.74, 6) is 0. The van der Waals surface area contributed by atoms with Gasteiger partial charge in [0.15, 0.2) is 0 Å². The van der Waals surface area contributed by atoms with Crippen molar-refractivity contribution in [2.45, 2.75) is 44.4 Å². The number of hydrogen-bond acceptors (Lipinski definition) is 2. The molecule has 0 saturated heterocycles. The number of allylic oxidation sites excluding steroid dienone is 2. The fourth-order valence-electron chi connectivity index (χ4n) is 1.63. The SMILES string of the molecule is CCC/C(C#N)=C(/CCC)Sc1ccccc1. The summed E-state index contributed by atoms with van der Waals surface area (Å²) >= 11 is 1.74. The van der Waals surface area contributed by atoms with Crippen LogP contribution in [0.25, 0.3) is 0 Å². The third-order valence-corrected chi connectivity index (χ3v) is 3.64. The van der Waals surface area contributed by atoms with E-state index in [1.165, 1.54) is 9.80 Å². The lowest BCUT2D eigenvalue weighted by Gasteiger charge is -2.09. The standard InChI is InChI=1S/C15H19NS/c1-3-8-13(12-16)15(9-4-2)17-14-10-6-5-7-11-14/h5-7,10-11H,3-4,8-9H2,1-2H3/b15-13+. The molecule has 90 valence electrons. The van der Waals surface area contributed by atoms with Crippen LogP contribution in [0.1, 0.15) is 39.5 Å². The van der Waals surface area contributed by atoms with Crippen molar-refractivity contribution in [3.63, 3.8) is 0 Å². The highest BCUT2D eigenvalue weighted by molar-refractivity contribution is 8.03. The summed E-state index contributed by atoms with van der Waals surface area (Å²) in [7, 11) is 0. The average Bonchev–Trinajstić information content (AvgIpc) is 2.37. The van der Waals surface area contributed by atoms with Crippen molar-refractivity contribution < 1.29 is 0 Å². The quantitative estimate of drug-likeness (QED) is 0.511. The van der Waals surface area contributed by atoms with E-state index in [4.69, 9.17) is 0 Å². The second-order valence-electron chi connectivity index (χ2n) is 3.93. The summed E-state index contributed by atoms with van der Waals surface area (Å²) in [6.07, 6.45) is 4.02. The Morgan fingerprint density at radius 1 is 1.12 bits per heavy atom. The van der Waals surface area contributed by atoms with Gasteiger partial charge in [0.2, 0.25) is 0 Å². The van der Waals surface area contributed by atoms with Crippen LogP contribution in [0.15, 0.2) is 45.7 Å². The van der Waals surface area contributed by atoms with Crippen molar-refractivity contribution >= 4 is 11.8 Å². The number of nitriles is 1. The Morgan fingerprint density at radius 2 is 1.76 bits per heavy atom. The molecule has 1 rings (SSSR count). The molecule has 0 N–H and O–H groups in total. The summed E-state index contributed by atoms with van der Waals surface area (Å²) in [5.41, 5.74) is 0.961. The number of thioether (sulfide) groups is 1. The first-order valence-corrected chi connectivity index (χ1v) is 6.98. The van der Waals surface area contributed by atoms with Crippen LogP contribution in [0.3, 0.4) is 0 Å². The zero-order valence-corrected chi connectivity index (χ0v) is 11.4. The number of rotatable bonds is 6. The number of nitrogens with zero attached hydrogens (tertiary/aromatic N) is 1. The van der Waals surface area contributed by atoms with Gasteiger partial charge in [-0.1, -0.05) is 56.7 Å². The van der Waals surface area contributed by atoms with Crippen molar-refractivity contribution in [1.82, 2.24) is 0 Å². The Morgan fingerprint density at radius 3 is 2.29 bits per heavy atom. The van der Waals surface area contributed by atoms with Gasteiger partial charge in [0.1, 0.15) is 0 Å². The highest BCUT2D eigenvalue weighted by Gasteiger charge is 2.07. The molecular weight excluding hydrogens is 226 g/mol. The minimum Gasteiger partial charge on any atom is -0.193 e. The third-order valence-electron chi connectivity index (χ3n) is 2.43. The van der Waals surface area contributed by atoms with Gasteiger partial charge < -0.3 is 0 Å². The summed E-state index contributed by atoms with van der Waals surface area (Å²) < 4.78 is 0. The topological polar surface area (TPSA) is 23.8 Å². The van der Waals surface area contributed by atoms with Gasteiger partial charge in [-0.25, -0.2) is 0 Å². The normalized spacial score (nSPS) is 11.8. The largest absolute Gasteiger partial charge is 0.193 e. The molecule has 0 radical (unpaired) electrons. The van der Waals surface area contributed by atoms with E-state index in [0.717, 1.165) is 31.3 Å². The van der Waals surface area contributed by atoms with E-state index in [1.54, 1.807) is 11.8 Å². The summed E-state index contributed by atoms with van der Waals surface area (Å²) in [6.45, 7) is 4.28. The Bertz CT molecular complexity index is 401. The van der Waals surface area contributed by atoms with Crippen LogP contribution in [0.5, 0.6) is 0 Å². The Kier molecular flexibility index (Phi) is 6.50. The molecule has 2 heteroatoms. The van der Waals surface area contributed by atoms with Crippen molar-refractivity contribution in [2.75, 3.05) is 0 Å². The number of benzene rings is 1. The van der Waals surface area contributed by atoms with E-state index < -0.39 is 0 Å². The monoisotopic (exact) mass is 245 g/mol. The summed E-state index contributed by atoms with van der Waals surface area (Å²) in [6, 6.07) is 12.7. The smallest absolute Gasteiger partial charge is 0.0955 e. The van der Waals surface area contributed by atoms with Crippen LogP contribution in [-0.2, 0) is 0 Å². The molecule has 0 amide bonds. The second kappa shape index (κ2) is 7.97. The molecule has 0 heterocycles. The Labute approximate surface area is 109 Å². The highest BCUT2D eigenvalue weighted by atomic mass is 32.2. The van der Waals surface area contributed by atoms with Crippen LogP contribution >= 0.6 is 11.8 Å². The highest BCUT2D eigenvalue weighted by Crippen LogP contribution is 2.33. The molecule has 0 bridgehead atoms. The predicted molar refractivity (Wildman–Crippen MR) is 74.8 cm³/mol. The van der Waals surface area contributed by atoms with Crippen LogP contribution < -0.4 is 0 Å². The van der Waals surface area contributed by atoms with Crippen LogP contribution in [0.4, 0.5) is 0 Å². The molecule has 0 atom stereocenters. The van der Waals surface area contributed by atoms with Gasteiger partial charge in [0.25, 0.3) is 0 Å². The lowest BCUT2D eigenvalue weighted by Crippen LogP contribution is -1.87. The second-order valence-corrected chi connectivity index (χ2v) is 5.10. The molecule has 1 aromatic rings. The van der Waals surface area contributed by atoms with E-state index in [-0.39, 0.29) is 0 Å². The van der Waals surface area contributed by atoms with E-state index in [2.05, 4.69) is 32.0 Å². The van der Waals surface area contributed by atoms with Crippen LogP contribution in [-0.4, -0.2) is 0 Å². The van der Waals surface area contributed by atoms with Gasteiger partial charge in [-0.05, 0) is 25.0 Å². The maximum atomic E-state index is 9.21. The minimum absolute atomic E-state index is 0.895. The van der Waals surface area contributed by atoms with E-state index in [1.807, 2.05) is 18.2 Å². The molecule has 0 aromatic heterocycles. The van der Waals surface area contributed by atoms with Gasteiger partial charge in [-0.3, -0.25) is 0 Å². The maximum Gasteiger partial charge on any atom is 0.0955 e. The Balaban J connectivity index is 2.89. The Hall–Kier alpha value is -1.20. The molecule has 0 aliphatic rings. The van der Waals surface area contributed by atoms with Crippen molar-refractivity contribution in [1.29, 1.82) is 5.26 Å². The van der Waals surface area contributed by atoms with Gasteiger partial charge in [0.05, 0.1) is 6.07 Å². The zero-order valence-electron chi connectivity index (χ0n) is 10.6. The van der Waals surface area contributed by atoms with Crippen LogP contribution in [0, 0.1) is 11.3 Å². The summed E-state index contributed by atoms with van der Waals surface area (Å²) in [4.78, 5) is 2.46. The lowest BCUT2D eigenvalue weighted by atomic mass is 10.1. The van der Waals surface area contributed by atoms with Gasteiger partial charge >= 0.3 is 0 Å². The molecule has 0 saturated carbocycles. The summed E-state index contributed by atoms with van der Waals surface area (Å²) in [5, 5.41) is 9.21. The minimum atomic E-state index is 0.895. The molecule has 17 heavy (non-hydrogen) atoms.